The predicted octanol–water partition coefficient (Wildman–Crippen LogP) is 3.65. The highest BCUT2D eigenvalue weighted by atomic mass is 35.5. The van der Waals surface area contributed by atoms with Gasteiger partial charge in [-0.05, 0) is 60.5 Å². The van der Waals surface area contributed by atoms with Gasteiger partial charge in [-0.15, -0.1) is 0 Å². The third-order valence-electron chi connectivity index (χ3n) is 4.59. The first-order valence-corrected chi connectivity index (χ1v) is 11.5. The van der Waals surface area contributed by atoms with Crippen molar-refractivity contribution in [3.63, 3.8) is 0 Å². The van der Waals surface area contributed by atoms with Crippen molar-refractivity contribution in [2.45, 2.75) is 17.4 Å². The van der Waals surface area contributed by atoms with Crippen molar-refractivity contribution in [3.05, 3.63) is 95.0 Å². The standard InChI is InChI=1S/C23H21ClN2O5S/c1-31-23(28)17-7-11-19(12-8-17)25-22(27)21(15-16-5-3-2-4-6-16)26-32(29,30)20-13-9-18(24)10-14-20/h2-14,21,26H,15H2,1H3,(H,25,27)/t21-/m1/s1. The minimum atomic E-state index is -3.99. The van der Waals surface area contributed by atoms with Crippen LogP contribution in [0, 0.1) is 0 Å². The monoisotopic (exact) mass is 472 g/mol. The maximum atomic E-state index is 13.0. The fraction of sp³-hybridized carbons (Fsp3) is 0.130. The number of halogens is 1. The molecule has 0 radical (unpaired) electrons. The molecule has 0 saturated heterocycles. The van der Waals surface area contributed by atoms with E-state index in [4.69, 9.17) is 11.6 Å². The van der Waals surface area contributed by atoms with Gasteiger partial charge in [0, 0.05) is 10.7 Å². The Bertz CT molecular complexity index is 1180. The fourth-order valence-corrected chi connectivity index (χ4v) is 4.27. The summed E-state index contributed by atoms with van der Waals surface area (Å²) < 4.78 is 32.9. The number of methoxy groups -OCH3 is 1. The lowest BCUT2D eigenvalue weighted by molar-refractivity contribution is -0.117. The number of rotatable bonds is 8. The van der Waals surface area contributed by atoms with Crippen molar-refractivity contribution in [3.8, 4) is 0 Å². The van der Waals surface area contributed by atoms with Crippen LogP contribution < -0.4 is 10.0 Å². The van der Waals surface area contributed by atoms with Crippen molar-refractivity contribution in [1.82, 2.24) is 4.72 Å². The molecule has 0 aliphatic heterocycles. The van der Waals surface area contributed by atoms with Gasteiger partial charge < -0.3 is 10.1 Å². The van der Waals surface area contributed by atoms with Gasteiger partial charge in [0.1, 0.15) is 6.04 Å². The first-order valence-electron chi connectivity index (χ1n) is 9.59. The van der Waals surface area contributed by atoms with E-state index in [0.29, 0.717) is 16.3 Å². The Morgan fingerprint density at radius 2 is 1.56 bits per heavy atom. The van der Waals surface area contributed by atoms with E-state index in [0.717, 1.165) is 5.56 Å². The number of esters is 1. The van der Waals surface area contributed by atoms with Gasteiger partial charge in [0.25, 0.3) is 0 Å². The molecule has 0 aliphatic carbocycles. The van der Waals surface area contributed by atoms with Gasteiger partial charge in [-0.3, -0.25) is 4.79 Å². The molecule has 0 fully saturated rings. The molecule has 0 unspecified atom stereocenters. The summed E-state index contributed by atoms with van der Waals surface area (Å²) in [6.45, 7) is 0. The van der Waals surface area contributed by atoms with Crippen LogP contribution in [0.2, 0.25) is 5.02 Å². The molecule has 7 nitrogen and oxygen atoms in total. The Kier molecular flexibility index (Phi) is 7.63. The van der Waals surface area contributed by atoms with Crippen LogP contribution in [0.25, 0.3) is 0 Å². The molecule has 0 saturated carbocycles. The lowest BCUT2D eigenvalue weighted by Crippen LogP contribution is -2.45. The lowest BCUT2D eigenvalue weighted by Gasteiger charge is -2.19. The molecule has 9 heteroatoms. The molecular formula is C23H21ClN2O5S. The molecule has 1 atom stereocenters. The second kappa shape index (κ2) is 10.4. The van der Waals surface area contributed by atoms with E-state index < -0.39 is 27.9 Å². The van der Waals surface area contributed by atoms with Gasteiger partial charge in [0.15, 0.2) is 0 Å². The van der Waals surface area contributed by atoms with E-state index in [2.05, 4.69) is 14.8 Å². The van der Waals surface area contributed by atoms with Crippen LogP contribution in [0.1, 0.15) is 15.9 Å². The van der Waals surface area contributed by atoms with E-state index in [-0.39, 0.29) is 11.3 Å². The van der Waals surface area contributed by atoms with Gasteiger partial charge >= 0.3 is 5.97 Å². The van der Waals surface area contributed by atoms with Crippen LogP contribution in [-0.4, -0.2) is 33.4 Å². The minimum absolute atomic E-state index is 0.00445. The lowest BCUT2D eigenvalue weighted by atomic mass is 10.1. The maximum Gasteiger partial charge on any atom is 0.337 e. The van der Waals surface area contributed by atoms with Crippen LogP contribution in [0.5, 0.6) is 0 Å². The predicted molar refractivity (Wildman–Crippen MR) is 122 cm³/mol. The van der Waals surface area contributed by atoms with Gasteiger partial charge in [0.05, 0.1) is 17.6 Å². The number of hydrogen-bond acceptors (Lipinski definition) is 5. The van der Waals surface area contributed by atoms with E-state index in [9.17, 15) is 18.0 Å². The molecule has 1 amide bonds. The number of benzene rings is 3. The van der Waals surface area contributed by atoms with Gasteiger partial charge in [-0.2, -0.15) is 4.72 Å². The van der Waals surface area contributed by atoms with Crippen molar-refractivity contribution in [2.75, 3.05) is 12.4 Å². The Hall–Kier alpha value is -3.20. The van der Waals surface area contributed by atoms with Crippen LogP contribution in [0.4, 0.5) is 5.69 Å². The summed E-state index contributed by atoms with van der Waals surface area (Å²) in [5.41, 5.74) is 1.52. The molecule has 0 spiro atoms. The summed E-state index contributed by atoms with van der Waals surface area (Å²) in [5, 5.41) is 3.09. The number of ether oxygens (including phenoxy) is 1. The quantitative estimate of drug-likeness (QED) is 0.487. The average Bonchev–Trinajstić information content (AvgIpc) is 2.79. The maximum absolute atomic E-state index is 13.0. The van der Waals surface area contributed by atoms with Gasteiger partial charge in [-0.25, -0.2) is 13.2 Å². The smallest absolute Gasteiger partial charge is 0.337 e. The third kappa shape index (κ3) is 6.16. The molecule has 0 bridgehead atoms. The molecule has 166 valence electrons. The average molecular weight is 473 g/mol. The van der Waals surface area contributed by atoms with Crippen LogP contribution in [-0.2, 0) is 26.0 Å². The Morgan fingerprint density at radius 1 is 0.938 bits per heavy atom. The minimum Gasteiger partial charge on any atom is -0.465 e. The molecule has 0 aliphatic rings. The van der Waals surface area contributed by atoms with Crippen LogP contribution in [0.3, 0.4) is 0 Å². The first-order chi connectivity index (χ1) is 15.3. The van der Waals surface area contributed by atoms with Crippen molar-refractivity contribution in [2.24, 2.45) is 0 Å². The molecule has 2 N–H and O–H groups in total. The normalized spacial score (nSPS) is 12.1. The summed E-state index contributed by atoms with van der Waals surface area (Å²) in [4.78, 5) is 24.6. The largest absolute Gasteiger partial charge is 0.465 e. The molecule has 32 heavy (non-hydrogen) atoms. The van der Waals surface area contributed by atoms with E-state index in [1.54, 1.807) is 0 Å². The molecular weight excluding hydrogens is 452 g/mol. The summed E-state index contributed by atoms with van der Waals surface area (Å²) >= 11 is 5.85. The third-order valence-corrected chi connectivity index (χ3v) is 6.33. The van der Waals surface area contributed by atoms with Crippen LogP contribution in [0.15, 0.2) is 83.8 Å². The Labute approximate surface area is 191 Å². The highest BCUT2D eigenvalue weighted by Crippen LogP contribution is 2.17. The number of carbonyl (C=O) groups is 2. The zero-order valence-electron chi connectivity index (χ0n) is 17.1. The summed E-state index contributed by atoms with van der Waals surface area (Å²) in [7, 11) is -2.71. The molecule has 3 rings (SSSR count). The van der Waals surface area contributed by atoms with Crippen LogP contribution >= 0.6 is 11.6 Å². The van der Waals surface area contributed by atoms with Gasteiger partial charge in [0.2, 0.25) is 15.9 Å². The zero-order valence-corrected chi connectivity index (χ0v) is 18.7. The van der Waals surface area contributed by atoms with E-state index in [1.165, 1.54) is 55.6 Å². The van der Waals surface area contributed by atoms with E-state index >= 15 is 0 Å². The van der Waals surface area contributed by atoms with Crippen molar-refractivity contribution >= 4 is 39.2 Å². The molecule has 0 aromatic heterocycles. The zero-order chi connectivity index (χ0) is 23.1. The SMILES string of the molecule is COC(=O)c1ccc(NC(=O)[C@@H](Cc2ccccc2)NS(=O)(=O)c2ccc(Cl)cc2)cc1. The fourth-order valence-electron chi connectivity index (χ4n) is 2.94. The molecule has 3 aromatic carbocycles. The summed E-state index contributed by atoms with van der Waals surface area (Å²) in [5.74, 6) is -1.04. The van der Waals surface area contributed by atoms with E-state index in [1.807, 2.05) is 30.3 Å². The van der Waals surface area contributed by atoms with Crippen molar-refractivity contribution < 1.29 is 22.7 Å². The summed E-state index contributed by atoms with van der Waals surface area (Å²) in [6.07, 6.45) is 0.139. The second-order valence-electron chi connectivity index (χ2n) is 6.88. The number of nitrogens with one attached hydrogen (secondary N) is 2. The first kappa shape index (κ1) is 23.5. The van der Waals surface area contributed by atoms with Crippen molar-refractivity contribution in [1.29, 1.82) is 0 Å². The van der Waals surface area contributed by atoms with Gasteiger partial charge in [-0.1, -0.05) is 41.9 Å². The molecule has 3 aromatic rings. The Morgan fingerprint density at radius 3 is 2.16 bits per heavy atom. The number of hydrogen-bond donors (Lipinski definition) is 2. The molecule has 0 heterocycles. The number of carbonyl (C=O) groups excluding carboxylic acids is 2. The number of amides is 1. The highest BCUT2D eigenvalue weighted by molar-refractivity contribution is 7.89. The topological polar surface area (TPSA) is 102 Å². The Balaban J connectivity index is 1.82. The number of anilines is 1. The summed E-state index contributed by atoms with van der Waals surface area (Å²) in [6, 6.07) is 19.7. The number of sulfonamides is 1. The second-order valence-corrected chi connectivity index (χ2v) is 9.03. The highest BCUT2D eigenvalue weighted by Gasteiger charge is 2.26.